The van der Waals surface area contributed by atoms with Crippen molar-refractivity contribution in [2.24, 2.45) is 0 Å². The second-order valence-electron chi connectivity index (χ2n) is 6.01. The molecule has 0 radical (unpaired) electrons. The first kappa shape index (κ1) is 15.5. The number of ether oxygens (including phenoxy) is 1. The lowest BCUT2D eigenvalue weighted by atomic mass is 10.2. The van der Waals surface area contributed by atoms with E-state index in [1.54, 1.807) is 7.11 Å². The molecule has 3 rings (SSSR count). The summed E-state index contributed by atoms with van der Waals surface area (Å²) in [6.45, 7) is 6.66. The van der Waals surface area contributed by atoms with Gasteiger partial charge in [0.05, 0.1) is 29.1 Å². The molecular formula is C17H21N5O. The third-order valence-electron chi connectivity index (χ3n) is 4.54. The molecule has 1 N–H and O–H groups in total. The van der Waals surface area contributed by atoms with E-state index in [4.69, 9.17) is 10.00 Å². The zero-order valence-electron chi connectivity index (χ0n) is 13.9. The molecule has 0 amide bonds. The third kappa shape index (κ3) is 2.80. The summed E-state index contributed by atoms with van der Waals surface area (Å²) in [4.78, 5) is 14.9. The number of pyridine rings is 1. The Labute approximate surface area is 136 Å². The third-order valence-corrected chi connectivity index (χ3v) is 4.54. The number of nitriles is 1. The van der Waals surface area contributed by atoms with Gasteiger partial charge in [-0.15, -0.1) is 0 Å². The number of nitrogens with zero attached hydrogens (tertiary/aromatic N) is 4. The predicted molar refractivity (Wildman–Crippen MR) is 87.3 cm³/mol. The van der Waals surface area contributed by atoms with Gasteiger partial charge in [-0.3, -0.25) is 0 Å². The summed E-state index contributed by atoms with van der Waals surface area (Å²) in [5.41, 5.74) is 3.46. The van der Waals surface area contributed by atoms with Gasteiger partial charge in [-0.25, -0.2) is 9.97 Å². The zero-order chi connectivity index (χ0) is 16.6. The van der Waals surface area contributed by atoms with Crippen LogP contribution in [-0.4, -0.2) is 34.7 Å². The molecule has 0 aliphatic carbocycles. The maximum Gasteiger partial charge on any atom is 0.129 e. The molecule has 6 nitrogen and oxygen atoms in total. The summed E-state index contributed by atoms with van der Waals surface area (Å²) in [5.74, 6) is 1.81. The molecule has 6 heteroatoms. The van der Waals surface area contributed by atoms with Crippen molar-refractivity contribution in [1.29, 1.82) is 5.26 Å². The smallest absolute Gasteiger partial charge is 0.129 e. The van der Waals surface area contributed by atoms with Crippen molar-refractivity contribution in [3.63, 3.8) is 0 Å². The van der Waals surface area contributed by atoms with E-state index in [9.17, 15) is 0 Å². The molecule has 0 aromatic carbocycles. The van der Waals surface area contributed by atoms with Crippen molar-refractivity contribution >= 4 is 5.82 Å². The van der Waals surface area contributed by atoms with Crippen LogP contribution in [0, 0.1) is 32.1 Å². The Hall–Kier alpha value is -2.39. The minimum absolute atomic E-state index is 0.104. The Morgan fingerprint density at radius 1 is 1.26 bits per heavy atom. The molecule has 3 heterocycles. The lowest BCUT2D eigenvalue weighted by Gasteiger charge is -2.24. The van der Waals surface area contributed by atoms with Gasteiger partial charge in [-0.05, 0) is 32.9 Å². The average Bonchev–Trinajstić information content (AvgIpc) is 3.11. The van der Waals surface area contributed by atoms with Gasteiger partial charge in [0.25, 0.3) is 0 Å². The highest BCUT2D eigenvalue weighted by molar-refractivity contribution is 5.48. The minimum atomic E-state index is 0.104. The van der Waals surface area contributed by atoms with Crippen molar-refractivity contribution < 1.29 is 4.74 Å². The number of hydrogen-bond donors (Lipinski definition) is 1. The van der Waals surface area contributed by atoms with E-state index in [1.165, 1.54) is 0 Å². The van der Waals surface area contributed by atoms with Crippen LogP contribution in [0.15, 0.2) is 12.1 Å². The van der Waals surface area contributed by atoms with Gasteiger partial charge in [0.1, 0.15) is 17.7 Å². The molecule has 2 atom stereocenters. The summed E-state index contributed by atoms with van der Waals surface area (Å²) >= 11 is 0. The van der Waals surface area contributed by atoms with Crippen LogP contribution in [0.4, 0.5) is 5.82 Å². The first-order valence-electron chi connectivity index (χ1n) is 7.73. The standard InChI is InChI=1S/C17H21N5O/c1-10-11(2)21-17(20-10)15-7-14(23-4)9-22(15)16-6-5-13(8-18)12(3)19-16/h5-6,14-15H,7,9H2,1-4H3,(H,20,21)/t14-,15+/m1/s1. The van der Waals surface area contributed by atoms with Gasteiger partial charge >= 0.3 is 0 Å². The molecule has 0 unspecified atom stereocenters. The molecule has 2 aromatic rings. The molecular weight excluding hydrogens is 290 g/mol. The molecule has 0 spiro atoms. The largest absolute Gasteiger partial charge is 0.380 e. The number of hydrogen-bond acceptors (Lipinski definition) is 5. The maximum absolute atomic E-state index is 9.08. The molecule has 1 saturated heterocycles. The first-order valence-corrected chi connectivity index (χ1v) is 7.73. The topological polar surface area (TPSA) is 77.8 Å². The van der Waals surface area contributed by atoms with Crippen molar-refractivity contribution in [3.05, 3.63) is 40.6 Å². The number of aromatic amines is 1. The number of H-pyrrole nitrogens is 1. The Kier molecular flexibility index (Phi) is 4.05. The van der Waals surface area contributed by atoms with Gasteiger partial charge < -0.3 is 14.6 Å². The molecule has 23 heavy (non-hydrogen) atoms. The van der Waals surface area contributed by atoms with E-state index in [-0.39, 0.29) is 12.1 Å². The number of methoxy groups -OCH3 is 1. The Morgan fingerprint density at radius 3 is 2.61 bits per heavy atom. The number of aryl methyl sites for hydroxylation is 3. The molecule has 0 saturated carbocycles. The lowest BCUT2D eigenvalue weighted by Crippen LogP contribution is -2.26. The maximum atomic E-state index is 9.08. The fourth-order valence-corrected chi connectivity index (χ4v) is 3.04. The van der Waals surface area contributed by atoms with Crippen molar-refractivity contribution in [2.75, 3.05) is 18.6 Å². The Morgan fingerprint density at radius 2 is 2.04 bits per heavy atom. The summed E-state index contributed by atoms with van der Waals surface area (Å²) in [6, 6.07) is 6.00. The molecule has 120 valence electrons. The summed E-state index contributed by atoms with van der Waals surface area (Å²) < 4.78 is 5.56. The molecule has 2 aromatic heterocycles. The van der Waals surface area contributed by atoms with E-state index in [0.29, 0.717) is 5.56 Å². The monoisotopic (exact) mass is 311 g/mol. The summed E-state index contributed by atoms with van der Waals surface area (Å²) in [7, 11) is 1.74. The predicted octanol–water partition coefficient (Wildman–Crippen LogP) is 2.57. The van der Waals surface area contributed by atoms with Crippen LogP contribution in [0.3, 0.4) is 0 Å². The van der Waals surface area contributed by atoms with Gasteiger partial charge in [-0.2, -0.15) is 5.26 Å². The van der Waals surface area contributed by atoms with Crippen LogP contribution >= 0.6 is 0 Å². The summed E-state index contributed by atoms with van der Waals surface area (Å²) in [6.07, 6.45) is 1.01. The van der Waals surface area contributed by atoms with Crippen LogP contribution in [-0.2, 0) is 4.74 Å². The highest BCUT2D eigenvalue weighted by Crippen LogP contribution is 2.35. The molecule has 1 fully saturated rings. The first-order chi connectivity index (χ1) is 11.0. The number of rotatable bonds is 3. The SMILES string of the molecule is CO[C@@H]1C[C@@H](c2nc(C)c(C)[nH]2)N(c2ccc(C#N)c(C)n2)C1. The van der Waals surface area contributed by atoms with Gasteiger partial charge in [0, 0.05) is 25.8 Å². The van der Waals surface area contributed by atoms with E-state index in [2.05, 4.69) is 25.9 Å². The Bertz CT molecular complexity index is 741. The number of aromatic nitrogens is 3. The van der Waals surface area contributed by atoms with Crippen LogP contribution in [0.1, 0.15) is 40.9 Å². The summed E-state index contributed by atoms with van der Waals surface area (Å²) in [5, 5.41) is 9.08. The second kappa shape index (κ2) is 6.01. The highest BCUT2D eigenvalue weighted by Gasteiger charge is 2.36. The fraction of sp³-hybridized carbons (Fsp3) is 0.471. The lowest BCUT2D eigenvalue weighted by molar-refractivity contribution is 0.118. The van der Waals surface area contributed by atoms with E-state index < -0.39 is 0 Å². The number of imidazole rings is 1. The van der Waals surface area contributed by atoms with Crippen molar-refractivity contribution in [2.45, 2.75) is 39.3 Å². The average molecular weight is 311 g/mol. The number of nitrogens with one attached hydrogen (secondary N) is 1. The van der Waals surface area contributed by atoms with E-state index in [1.807, 2.05) is 32.9 Å². The highest BCUT2D eigenvalue weighted by atomic mass is 16.5. The van der Waals surface area contributed by atoms with Crippen LogP contribution in [0.5, 0.6) is 0 Å². The fourth-order valence-electron chi connectivity index (χ4n) is 3.04. The molecule has 0 bridgehead atoms. The second-order valence-corrected chi connectivity index (χ2v) is 6.01. The molecule has 1 aliphatic heterocycles. The number of anilines is 1. The van der Waals surface area contributed by atoms with Crippen LogP contribution < -0.4 is 4.90 Å². The molecule has 1 aliphatic rings. The minimum Gasteiger partial charge on any atom is -0.380 e. The van der Waals surface area contributed by atoms with Crippen molar-refractivity contribution in [3.8, 4) is 6.07 Å². The van der Waals surface area contributed by atoms with Gasteiger partial charge in [0.15, 0.2) is 0 Å². The van der Waals surface area contributed by atoms with Crippen LogP contribution in [0.2, 0.25) is 0 Å². The normalized spacial score (nSPS) is 20.7. The van der Waals surface area contributed by atoms with Gasteiger partial charge in [-0.1, -0.05) is 0 Å². The van der Waals surface area contributed by atoms with Gasteiger partial charge in [0.2, 0.25) is 0 Å². The van der Waals surface area contributed by atoms with E-state index >= 15 is 0 Å². The van der Waals surface area contributed by atoms with Crippen molar-refractivity contribution in [1.82, 2.24) is 15.0 Å². The van der Waals surface area contributed by atoms with Crippen LogP contribution in [0.25, 0.3) is 0 Å². The Balaban J connectivity index is 1.97. The van der Waals surface area contributed by atoms with E-state index in [0.717, 1.165) is 41.7 Å². The zero-order valence-corrected chi connectivity index (χ0v) is 13.9. The quantitative estimate of drug-likeness (QED) is 0.942.